The SMILES string of the molecule is CC(C)CC1Nc2ccccc2O1. The highest BCUT2D eigenvalue weighted by molar-refractivity contribution is 5.59. The smallest absolute Gasteiger partial charge is 0.170 e. The van der Waals surface area contributed by atoms with Crippen LogP contribution >= 0.6 is 0 Å². The van der Waals surface area contributed by atoms with Crippen LogP contribution < -0.4 is 10.1 Å². The van der Waals surface area contributed by atoms with Crippen LogP contribution in [0.25, 0.3) is 0 Å². The molecular formula is C11H15NO. The second kappa shape index (κ2) is 3.29. The van der Waals surface area contributed by atoms with E-state index in [9.17, 15) is 0 Å². The molecule has 1 aliphatic rings. The van der Waals surface area contributed by atoms with Crippen molar-refractivity contribution in [2.45, 2.75) is 26.5 Å². The fourth-order valence-corrected chi connectivity index (χ4v) is 1.58. The van der Waals surface area contributed by atoms with Gasteiger partial charge >= 0.3 is 0 Å². The number of rotatable bonds is 2. The standard InChI is InChI=1S/C11H15NO/c1-8(2)7-11-12-9-5-3-4-6-10(9)13-11/h3-6,8,11-12H,7H2,1-2H3. The zero-order valence-corrected chi connectivity index (χ0v) is 8.08. The first-order valence-corrected chi connectivity index (χ1v) is 4.78. The minimum absolute atomic E-state index is 0.164. The lowest BCUT2D eigenvalue weighted by atomic mass is 10.1. The number of hydrogen-bond donors (Lipinski definition) is 1. The summed E-state index contributed by atoms with van der Waals surface area (Å²) in [5.74, 6) is 1.64. The number of anilines is 1. The molecule has 0 spiro atoms. The maximum atomic E-state index is 5.71. The molecule has 0 bridgehead atoms. The van der Waals surface area contributed by atoms with E-state index in [4.69, 9.17) is 4.74 Å². The molecule has 1 aromatic carbocycles. The van der Waals surface area contributed by atoms with Gasteiger partial charge in [-0.2, -0.15) is 0 Å². The average Bonchev–Trinajstić information content (AvgIpc) is 2.44. The Balaban J connectivity index is 2.05. The van der Waals surface area contributed by atoms with Gasteiger partial charge in [-0.15, -0.1) is 0 Å². The summed E-state index contributed by atoms with van der Waals surface area (Å²) in [6.45, 7) is 4.40. The Morgan fingerprint density at radius 1 is 1.38 bits per heavy atom. The van der Waals surface area contributed by atoms with Crippen LogP contribution in [0.15, 0.2) is 24.3 Å². The number of para-hydroxylation sites is 2. The van der Waals surface area contributed by atoms with Crippen LogP contribution in [-0.2, 0) is 0 Å². The van der Waals surface area contributed by atoms with E-state index in [1.54, 1.807) is 0 Å². The summed E-state index contributed by atoms with van der Waals surface area (Å²) in [6, 6.07) is 8.07. The molecule has 1 heterocycles. The molecule has 2 rings (SSSR count). The Bertz CT molecular complexity index is 271. The van der Waals surface area contributed by atoms with Crippen molar-refractivity contribution in [1.82, 2.24) is 0 Å². The van der Waals surface area contributed by atoms with E-state index in [2.05, 4.69) is 25.2 Å². The first-order chi connectivity index (χ1) is 6.25. The molecule has 0 saturated carbocycles. The highest BCUT2D eigenvalue weighted by Crippen LogP contribution is 2.32. The van der Waals surface area contributed by atoms with E-state index in [0.717, 1.165) is 17.9 Å². The van der Waals surface area contributed by atoms with Crippen LogP contribution in [0.1, 0.15) is 20.3 Å². The third-order valence-corrected chi connectivity index (χ3v) is 2.16. The molecule has 0 amide bonds. The van der Waals surface area contributed by atoms with Crippen LogP contribution in [0.5, 0.6) is 5.75 Å². The van der Waals surface area contributed by atoms with E-state index < -0.39 is 0 Å². The summed E-state index contributed by atoms with van der Waals surface area (Å²) in [5.41, 5.74) is 1.12. The number of hydrogen-bond acceptors (Lipinski definition) is 2. The van der Waals surface area contributed by atoms with E-state index in [1.807, 2.05) is 18.2 Å². The quantitative estimate of drug-likeness (QED) is 0.750. The Labute approximate surface area is 78.9 Å². The van der Waals surface area contributed by atoms with Gasteiger partial charge in [0.15, 0.2) is 6.23 Å². The van der Waals surface area contributed by atoms with Crippen molar-refractivity contribution >= 4 is 5.69 Å². The van der Waals surface area contributed by atoms with Crippen LogP contribution in [0.2, 0.25) is 0 Å². The van der Waals surface area contributed by atoms with Gasteiger partial charge in [-0.05, 0) is 18.1 Å². The molecule has 70 valence electrons. The zero-order chi connectivity index (χ0) is 9.26. The van der Waals surface area contributed by atoms with Crippen LogP contribution in [0.3, 0.4) is 0 Å². The molecule has 2 nitrogen and oxygen atoms in total. The summed E-state index contributed by atoms with van der Waals surface area (Å²) < 4.78 is 5.71. The van der Waals surface area contributed by atoms with Gasteiger partial charge in [0.25, 0.3) is 0 Å². The zero-order valence-electron chi connectivity index (χ0n) is 8.08. The lowest BCUT2D eigenvalue weighted by Crippen LogP contribution is -2.21. The van der Waals surface area contributed by atoms with E-state index >= 15 is 0 Å². The lowest BCUT2D eigenvalue weighted by Gasteiger charge is -2.13. The fourth-order valence-electron chi connectivity index (χ4n) is 1.58. The largest absolute Gasteiger partial charge is 0.469 e. The van der Waals surface area contributed by atoms with E-state index in [-0.39, 0.29) is 6.23 Å². The summed E-state index contributed by atoms with van der Waals surface area (Å²) in [4.78, 5) is 0. The highest BCUT2D eigenvalue weighted by atomic mass is 16.5. The van der Waals surface area contributed by atoms with Gasteiger partial charge in [0.2, 0.25) is 0 Å². The molecule has 0 saturated heterocycles. The molecule has 0 radical (unpaired) electrons. The molecule has 13 heavy (non-hydrogen) atoms. The fraction of sp³-hybridized carbons (Fsp3) is 0.455. The average molecular weight is 177 g/mol. The van der Waals surface area contributed by atoms with Gasteiger partial charge in [0.05, 0.1) is 5.69 Å². The second-order valence-corrected chi connectivity index (χ2v) is 3.88. The van der Waals surface area contributed by atoms with Crippen molar-refractivity contribution in [3.63, 3.8) is 0 Å². The lowest BCUT2D eigenvalue weighted by molar-refractivity contribution is 0.222. The van der Waals surface area contributed by atoms with Gasteiger partial charge in [-0.1, -0.05) is 26.0 Å². The molecule has 1 unspecified atom stereocenters. The van der Waals surface area contributed by atoms with E-state index in [1.165, 1.54) is 0 Å². The molecular weight excluding hydrogens is 162 g/mol. The Kier molecular flexibility index (Phi) is 2.13. The minimum Gasteiger partial charge on any atom is -0.469 e. The van der Waals surface area contributed by atoms with Crippen LogP contribution in [-0.4, -0.2) is 6.23 Å². The first-order valence-electron chi connectivity index (χ1n) is 4.78. The predicted octanol–water partition coefficient (Wildman–Crippen LogP) is 2.86. The second-order valence-electron chi connectivity index (χ2n) is 3.88. The normalized spacial score (nSPS) is 19.5. The van der Waals surface area contributed by atoms with Gasteiger partial charge in [0, 0.05) is 6.42 Å². The molecule has 0 aromatic heterocycles. The molecule has 2 heteroatoms. The Hall–Kier alpha value is -1.18. The predicted molar refractivity (Wildman–Crippen MR) is 53.9 cm³/mol. The third kappa shape index (κ3) is 1.77. The van der Waals surface area contributed by atoms with Crippen LogP contribution in [0.4, 0.5) is 5.69 Å². The van der Waals surface area contributed by atoms with Crippen molar-refractivity contribution in [2.75, 3.05) is 5.32 Å². The minimum atomic E-state index is 0.164. The maximum Gasteiger partial charge on any atom is 0.170 e. The number of fused-ring (bicyclic) bond motifs is 1. The summed E-state index contributed by atoms with van der Waals surface area (Å²) in [7, 11) is 0. The van der Waals surface area contributed by atoms with Gasteiger partial charge in [-0.3, -0.25) is 0 Å². The summed E-state index contributed by atoms with van der Waals surface area (Å²) >= 11 is 0. The van der Waals surface area contributed by atoms with Gasteiger partial charge < -0.3 is 10.1 Å². The van der Waals surface area contributed by atoms with Crippen molar-refractivity contribution in [2.24, 2.45) is 5.92 Å². The van der Waals surface area contributed by atoms with Crippen molar-refractivity contribution in [1.29, 1.82) is 0 Å². The van der Waals surface area contributed by atoms with Gasteiger partial charge in [0.1, 0.15) is 5.75 Å². The topological polar surface area (TPSA) is 21.3 Å². The molecule has 0 fully saturated rings. The monoisotopic (exact) mass is 177 g/mol. The van der Waals surface area contributed by atoms with Crippen molar-refractivity contribution in [3.8, 4) is 5.75 Å². The van der Waals surface area contributed by atoms with Gasteiger partial charge in [-0.25, -0.2) is 0 Å². The van der Waals surface area contributed by atoms with E-state index in [0.29, 0.717) is 5.92 Å². The summed E-state index contributed by atoms with van der Waals surface area (Å²) in [5, 5.41) is 3.34. The molecule has 1 aromatic rings. The Morgan fingerprint density at radius 2 is 2.15 bits per heavy atom. The number of nitrogens with one attached hydrogen (secondary N) is 1. The number of ether oxygens (including phenoxy) is 1. The maximum absolute atomic E-state index is 5.71. The number of benzene rings is 1. The summed E-state index contributed by atoms with van der Waals surface area (Å²) in [6.07, 6.45) is 1.21. The third-order valence-electron chi connectivity index (χ3n) is 2.16. The van der Waals surface area contributed by atoms with Crippen molar-refractivity contribution in [3.05, 3.63) is 24.3 Å². The van der Waals surface area contributed by atoms with Crippen molar-refractivity contribution < 1.29 is 4.74 Å². The molecule has 1 N–H and O–H groups in total. The highest BCUT2D eigenvalue weighted by Gasteiger charge is 2.21. The molecule has 0 aliphatic carbocycles. The van der Waals surface area contributed by atoms with Crippen LogP contribution in [0, 0.1) is 5.92 Å². The molecule has 1 aliphatic heterocycles. The Morgan fingerprint density at radius 3 is 2.85 bits per heavy atom. The molecule has 1 atom stereocenters. The first kappa shape index (κ1) is 8.42.